The molecule has 0 fully saturated rings. The molecule has 0 atom stereocenters. The zero-order valence-corrected chi connectivity index (χ0v) is 12.6. The Morgan fingerprint density at radius 3 is 2.90 bits per heavy atom. The van der Waals surface area contributed by atoms with Crippen LogP contribution in [0, 0.1) is 17.7 Å². The van der Waals surface area contributed by atoms with Crippen LogP contribution in [0.3, 0.4) is 0 Å². The molecular weight excluding hydrogens is 269 g/mol. The van der Waals surface area contributed by atoms with E-state index in [4.69, 9.17) is 5.73 Å². The van der Waals surface area contributed by atoms with Gasteiger partial charge in [0.25, 0.3) is 0 Å². The normalized spacial score (nSPS) is 10.1. The largest absolute Gasteiger partial charge is 0.355 e. The second-order valence-electron chi connectivity index (χ2n) is 4.84. The number of carbonyl (C=O) groups is 1. The van der Waals surface area contributed by atoms with Gasteiger partial charge in [0.2, 0.25) is 5.91 Å². The fraction of sp³-hybridized carbons (Fsp3) is 0.438. The molecule has 0 bridgehead atoms. The van der Waals surface area contributed by atoms with Crippen molar-refractivity contribution in [3.05, 3.63) is 35.1 Å². The number of nitrogens with zero attached hydrogens (tertiary/aromatic N) is 1. The van der Waals surface area contributed by atoms with Crippen molar-refractivity contribution in [2.24, 2.45) is 5.73 Å². The van der Waals surface area contributed by atoms with E-state index in [0.717, 1.165) is 12.0 Å². The zero-order chi connectivity index (χ0) is 15.7. The molecule has 0 saturated heterocycles. The van der Waals surface area contributed by atoms with Crippen molar-refractivity contribution < 1.29 is 9.18 Å². The van der Waals surface area contributed by atoms with Crippen LogP contribution in [-0.4, -0.2) is 37.5 Å². The lowest BCUT2D eigenvalue weighted by molar-refractivity contribution is -0.122. The van der Waals surface area contributed by atoms with Crippen molar-refractivity contribution >= 4 is 5.91 Å². The number of hydrogen-bond donors (Lipinski definition) is 2. The highest BCUT2D eigenvalue weighted by atomic mass is 19.1. The van der Waals surface area contributed by atoms with Crippen LogP contribution < -0.4 is 11.1 Å². The van der Waals surface area contributed by atoms with Gasteiger partial charge in [-0.25, -0.2) is 4.39 Å². The van der Waals surface area contributed by atoms with E-state index in [1.165, 1.54) is 6.07 Å². The van der Waals surface area contributed by atoms with Gasteiger partial charge in [0.05, 0.1) is 18.7 Å². The number of nitrogens with one attached hydrogen (secondary N) is 1. The van der Waals surface area contributed by atoms with E-state index in [9.17, 15) is 9.18 Å². The highest BCUT2D eigenvalue weighted by Gasteiger charge is 2.08. The quantitative estimate of drug-likeness (QED) is 0.772. The van der Waals surface area contributed by atoms with Crippen LogP contribution in [0.2, 0.25) is 0 Å². The summed E-state index contributed by atoms with van der Waals surface area (Å²) >= 11 is 0. The van der Waals surface area contributed by atoms with E-state index >= 15 is 0 Å². The van der Waals surface area contributed by atoms with Crippen LogP contribution in [0.15, 0.2) is 18.2 Å². The maximum absolute atomic E-state index is 13.6. The maximum atomic E-state index is 13.6. The molecule has 1 aromatic carbocycles. The third-order valence-electron chi connectivity index (χ3n) is 2.79. The van der Waals surface area contributed by atoms with Crippen molar-refractivity contribution in [2.75, 3.05) is 26.7 Å². The van der Waals surface area contributed by atoms with Crippen molar-refractivity contribution in [1.29, 1.82) is 0 Å². The van der Waals surface area contributed by atoms with Crippen LogP contribution in [0.4, 0.5) is 4.39 Å². The number of amides is 1. The van der Waals surface area contributed by atoms with E-state index in [2.05, 4.69) is 17.2 Å². The number of carbonyl (C=O) groups excluding carboxylic acids is 1. The van der Waals surface area contributed by atoms with Gasteiger partial charge in [0.15, 0.2) is 0 Å². The first-order valence-corrected chi connectivity index (χ1v) is 6.99. The molecule has 0 radical (unpaired) electrons. The third-order valence-corrected chi connectivity index (χ3v) is 2.79. The Balaban J connectivity index is 2.63. The molecule has 1 amide bonds. The lowest BCUT2D eigenvalue weighted by Crippen LogP contribution is -2.35. The van der Waals surface area contributed by atoms with E-state index in [0.29, 0.717) is 25.2 Å². The van der Waals surface area contributed by atoms with Crippen molar-refractivity contribution in [3.63, 3.8) is 0 Å². The second-order valence-corrected chi connectivity index (χ2v) is 4.84. The van der Waals surface area contributed by atoms with E-state index < -0.39 is 0 Å². The molecule has 0 heterocycles. The number of benzene rings is 1. The average Bonchev–Trinajstić information content (AvgIpc) is 2.45. The molecule has 0 aliphatic heterocycles. The Morgan fingerprint density at radius 2 is 2.24 bits per heavy atom. The van der Waals surface area contributed by atoms with Gasteiger partial charge >= 0.3 is 0 Å². The topological polar surface area (TPSA) is 58.4 Å². The smallest absolute Gasteiger partial charge is 0.234 e. The van der Waals surface area contributed by atoms with Crippen molar-refractivity contribution in [2.45, 2.75) is 19.9 Å². The average molecular weight is 291 g/mol. The first-order valence-electron chi connectivity index (χ1n) is 6.99. The second kappa shape index (κ2) is 9.11. The molecule has 21 heavy (non-hydrogen) atoms. The molecule has 0 aliphatic rings. The van der Waals surface area contributed by atoms with Gasteiger partial charge in [-0.2, -0.15) is 0 Å². The molecule has 0 unspecified atom stereocenters. The fourth-order valence-electron chi connectivity index (χ4n) is 1.85. The summed E-state index contributed by atoms with van der Waals surface area (Å²) in [5.41, 5.74) is 6.53. The summed E-state index contributed by atoms with van der Waals surface area (Å²) in [5.74, 6) is 4.98. The predicted molar refractivity (Wildman–Crippen MR) is 82.0 cm³/mol. The minimum absolute atomic E-state index is 0.00962. The van der Waals surface area contributed by atoms with Gasteiger partial charge < -0.3 is 11.1 Å². The summed E-state index contributed by atoms with van der Waals surface area (Å²) in [7, 11) is 1.85. The monoisotopic (exact) mass is 291 g/mol. The molecule has 0 aromatic heterocycles. The SMILES string of the molecule is CCCNC(=O)CN(C)Cc1ccc(F)c(C#CCN)c1. The minimum Gasteiger partial charge on any atom is -0.355 e. The molecule has 114 valence electrons. The summed E-state index contributed by atoms with van der Waals surface area (Å²) in [6, 6.07) is 4.78. The van der Waals surface area contributed by atoms with Gasteiger partial charge in [-0.3, -0.25) is 9.69 Å². The first-order chi connectivity index (χ1) is 10.1. The van der Waals surface area contributed by atoms with E-state index in [-0.39, 0.29) is 18.3 Å². The van der Waals surface area contributed by atoms with Gasteiger partial charge in [-0.15, -0.1) is 0 Å². The van der Waals surface area contributed by atoms with E-state index in [1.807, 2.05) is 18.9 Å². The molecule has 0 spiro atoms. The number of hydrogen-bond acceptors (Lipinski definition) is 3. The Morgan fingerprint density at radius 1 is 1.48 bits per heavy atom. The summed E-state index contributed by atoms with van der Waals surface area (Å²) < 4.78 is 13.6. The standard InChI is InChI=1S/C16H22FN3O/c1-3-9-19-16(21)12-20(2)11-13-6-7-15(17)14(10-13)5-4-8-18/h6-7,10H,3,8-9,11-12,18H2,1-2H3,(H,19,21). The predicted octanol–water partition coefficient (Wildman–Crippen LogP) is 1.09. The van der Waals surface area contributed by atoms with E-state index in [1.54, 1.807) is 12.1 Å². The van der Waals surface area contributed by atoms with Crippen LogP contribution >= 0.6 is 0 Å². The molecule has 1 aromatic rings. The zero-order valence-electron chi connectivity index (χ0n) is 12.6. The highest BCUT2D eigenvalue weighted by molar-refractivity contribution is 5.77. The molecular formula is C16H22FN3O. The first kappa shape index (κ1) is 17.2. The van der Waals surface area contributed by atoms with Gasteiger partial charge in [0.1, 0.15) is 5.82 Å². The molecule has 1 rings (SSSR count). The number of rotatable bonds is 6. The Hall–Kier alpha value is -1.90. The Kier molecular flexibility index (Phi) is 7.44. The Bertz CT molecular complexity index is 534. The molecule has 5 heteroatoms. The highest BCUT2D eigenvalue weighted by Crippen LogP contribution is 2.11. The lowest BCUT2D eigenvalue weighted by Gasteiger charge is -2.16. The summed E-state index contributed by atoms with van der Waals surface area (Å²) in [4.78, 5) is 13.5. The summed E-state index contributed by atoms with van der Waals surface area (Å²) in [6.45, 7) is 3.74. The number of nitrogens with two attached hydrogens (primary N) is 1. The third kappa shape index (κ3) is 6.39. The van der Waals surface area contributed by atoms with Gasteiger partial charge in [-0.1, -0.05) is 24.8 Å². The number of likely N-dealkylation sites (N-methyl/N-ethyl adjacent to an activating group) is 1. The van der Waals surface area contributed by atoms with Gasteiger partial charge in [-0.05, 0) is 31.2 Å². The molecule has 0 saturated carbocycles. The fourth-order valence-corrected chi connectivity index (χ4v) is 1.85. The molecule has 0 aliphatic carbocycles. The van der Waals surface area contributed by atoms with Crippen LogP contribution in [0.5, 0.6) is 0 Å². The molecule has 3 N–H and O–H groups in total. The molecule has 4 nitrogen and oxygen atoms in total. The van der Waals surface area contributed by atoms with Crippen LogP contribution in [-0.2, 0) is 11.3 Å². The summed E-state index contributed by atoms with van der Waals surface area (Å²) in [6.07, 6.45) is 0.913. The van der Waals surface area contributed by atoms with Gasteiger partial charge in [0, 0.05) is 13.1 Å². The summed E-state index contributed by atoms with van der Waals surface area (Å²) in [5, 5.41) is 2.82. The van der Waals surface area contributed by atoms with Crippen molar-refractivity contribution in [3.8, 4) is 11.8 Å². The van der Waals surface area contributed by atoms with Crippen molar-refractivity contribution in [1.82, 2.24) is 10.2 Å². The number of halogens is 1. The Labute approximate surface area is 125 Å². The minimum atomic E-state index is -0.358. The maximum Gasteiger partial charge on any atom is 0.234 e. The van der Waals surface area contributed by atoms with Crippen LogP contribution in [0.25, 0.3) is 0 Å². The van der Waals surface area contributed by atoms with Crippen LogP contribution in [0.1, 0.15) is 24.5 Å². The lowest BCUT2D eigenvalue weighted by atomic mass is 10.1.